The quantitative estimate of drug-likeness (QED) is 0.336. The molecule has 0 bridgehead atoms. The predicted molar refractivity (Wildman–Crippen MR) is 140 cm³/mol. The molecule has 1 fully saturated rings. The van der Waals surface area contributed by atoms with Crippen LogP contribution in [0.5, 0.6) is 0 Å². The largest absolute Gasteiger partial charge is 0.351 e. The minimum Gasteiger partial charge on any atom is -0.351 e. The maximum Gasteiger partial charge on any atom is 0.232 e. The van der Waals surface area contributed by atoms with E-state index in [1.165, 1.54) is 24.3 Å². The van der Waals surface area contributed by atoms with Gasteiger partial charge in [0.2, 0.25) is 17.8 Å². The molecule has 2 aromatic carbocycles. The van der Waals surface area contributed by atoms with Gasteiger partial charge in [0.25, 0.3) is 0 Å². The first-order valence-corrected chi connectivity index (χ1v) is 12.0. The van der Waals surface area contributed by atoms with Crippen molar-refractivity contribution in [1.29, 1.82) is 0 Å². The van der Waals surface area contributed by atoms with Crippen molar-refractivity contribution in [3.63, 3.8) is 0 Å². The van der Waals surface area contributed by atoms with Gasteiger partial charge in [0.05, 0.1) is 6.04 Å². The standard InChI is InChI=1S/C27H31F2N7/c1-3-15-30-25-33-26(31-16-4-2)35-27(34-25)36-17-5-6-23(18-36)32-24(19-7-11-21(28)12-8-19)20-9-13-22(29)14-10-20/h3-4,7-14,23-24,32H,1-2,5-6,15-18H2,(H2,30,31,33,34,35). The fourth-order valence-electron chi connectivity index (χ4n) is 4.22. The molecule has 1 unspecified atom stereocenters. The number of hydrogen-bond donors (Lipinski definition) is 3. The summed E-state index contributed by atoms with van der Waals surface area (Å²) < 4.78 is 27.2. The lowest BCUT2D eigenvalue weighted by Gasteiger charge is -2.36. The molecule has 7 nitrogen and oxygen atoms in total. The van der Waals surface area contributed by atoms with Gasteiger partial charge >= 0.3 is 0 Å². The number of aromatic nitrogens is 3. The minimum absolute atomic E-state index is 0.102. The van der Waals surface area contributed by atoms with Gasteiger partial charge in [-0.3, -0.25) is 0 Å². The number of piperidine rings is 1. The zero-order chi connectivity index (χ0) is 25.3. The number of rotatable bonds is 11. The van der Waals surface area contributed by atoms with Crippen molar-refractivity contribution in [1.82, 2.24) is 20.3 Å². The number of nitrogens with one attached hydrogen (secondary N) is 3. The van der Waals surface area contributed by atoms with E-state index in [9.17, 15) is 8.78 Å². The van der Waals surface area contributed by atoms with Crippen LogP contribution in [0.15, 0.2) is 73.8 Å². The second-order valence-corrected chi connectivity index (χ2v) is 8.61. The van der Waals surface area contributed by atoms with Crippen LogP contribution in [0.2, 0.25) is 0 Å². The molecular formula is C27H31F2N7. The van der Waals surface area contributed by atoms with Gasteiger partial charge < -0.3 is 20.9 Å². The molecule has 3 N–H and O–H groups in total. The summed E-state index contributed by atoms with van der Waals surface area (Å²) in [6.45, 7) is 10.0. The topological polar surface area (TPSA) is 78.0 Å². The van der Waals surface area contributed by atoms with E-state index in [4.69, 9.17) is 0 Å². The Morgan fingerprint density at radius 3 is 1.89 bits per heavy atom. The molecule has 4 rings (SSSR count). The van der Waals surface area contributed by atoms with Gasteiger partial charge in [0.1, 0.15) is 11.6 Å². The SMILES string of the molecule is C=CCNc1nc(NCC=C)nc(N2CCCC(NC(c3ccc(F)cc3)c3ccc(F)cc3)C2)n1. The minimum atomic E-state index is -0.294. The summed E-state index contributed by atoms with van der Waals surface area (Å²) >= 11 is 0. The average molecular weight is 492 g/mol. The highest BCUT2D eigenvalue weighted by Crippen LogP contribution is 2.26. The van der Waals surface area contributed by atoms with Gasteiger partial charge in [0.15, 0.2) is 0 Å². The van der Waals surface area contributed by atoms with Crippen LogP contribution in [0.3, 0.4) is 0 Å². The third kappa shape index (κ3) is 6.63. The monoisotopic (exact) mass is 491 g/mol. The molecular weight excluding hydrogens is 460 g/mol. The van der Waals surface area contributed by atoms with E-state index in [-0.39, 0.29) is 23.7 Å². The molecule has 3 aromatic rings. The molecule has 9 heteroatoms. The zero-order valence-corrected chi connectivity index (χ0v) is 20.1. The molecule has 1 aliphatic rings. The second kappa shape index (κ2) is 12.2. The highest BCUT2D eigenvalue weighted by molar-refractivity contribution is 5.45. The van der Waals surface area contributed by atoms with Crippen LogP contribution < -0.4 is 20.9 Å². The summed E-state index contributed by atoms with van der Waals surface area (Å²) in [7, 11) is 0. The van der Waals surface area contributed by atoms with Gasteiger partial charge in [-0.25, -0.2) is 8.78 Å². The molecule has 1 aromatic heterocycles. The molecule has 0 spiro atoms. The third-order valence-corrected chi connectivity index (χ3v) is 5.95. The molecule has 1 aliphatic heterocycles. The van der Waals surface area contributed by atoms with Crippen molar-refractivity contribution in [3.05, 3.63) is 96.6 Å². The Morgan fingerprint density at radius 1 is 0.861 bits per heavy atom. The lowest BCUT2D eigenvalue weighted by atomic mass is 9.96. The van der Waals surface area contributed by atoms with Crippen molar-refractivity contribution in [2.24, 2.45) is 0 Å². The molecule has 0 amide bonds. The fraction of sp³-hybridized carbons (Fsp3) is 0.296. The van der Waals surface area contributed by atoms with Crippen LogP contribution in [0, 0.1) is 11.6 Å². The molecule has 0 aliphatic carbocycles. The summed E-state index contributed by atoms with van der Waals surface area (Å²) in [6.07, 6.45) is 5.37. The average Bonchev–Trinajstić information content (AvgIpc) is 2.90. The number of benzene rings is 2. The lowest BCUT2D eigenvalue weighted by molar-refractivity contribution is 0.395. The number of anilines is 3. The van der Waals surface area contributed by atoms with E-state index >= 15 is 0 Å². The number of halogens is 2. The first-order valence-electron chi connectivity index (χ1n) is 12.0. The predicted octanol–water partition coefficient (Wildman–Crippen LogP) is 4.69. The van der Waals surface area contributed by atoms with Gasteiger partial charge in [-0.15, -0.1) is 13.2 Å². The normalized spacial score (nSPS) is 15.5. The fourth-order valence-corrected chi connectivity index (χ4v) is 4.22. The molecule has 188 valence electrons. The molecule has 36 heavy (non-hydrogen) atoms. The summed E-state index contributed by atoms with van der Waals surface area (Å²) in [6, 6.07) is 12.7. The van der Waals surface area contributed by atoms with Crippen LogP contribution in [-0.4, -0.2) is 47.2 Å². The molecule has 0 saturated carbocycles. The van der Waals surface area contributed by atoms with E-state index in [1.54, 1.807) is 36.4 Å². The first kappa shape index (κ1) is 25.2. The second-order valence-electron chi connectivity index (χ2n) is 8.61. The third-order valence-electron chi connectivity index (χ3n) is 5.95. The highest BCUT2D eigenvalue weighted by Gasteiger charge is 2.26. The van der Waals surface area contributed by atoms with Crippen molar-refractivity contribution >= 4 is 17.8 Å². The van der Waals surface area contributed by atoms with E-state index in [2.05, 4.69) is 49.0 Å². The summed E-state index contributed by atoms with van der Waals surface area (Å²) in [5.41, 5.74) is 1.82. The Kier molecular flexibility index (Phi) is 8.57. The van der Waals surface area contributed by atoms with Crippen LogP contribution in [0.1, 0.15) is 30.0 Å². The zero-order valence-electron chi connectivity index (χ0n) is 20.1. The van der Waals surface area contributed by atoms with Gasteiger partial charge in [-0.1, -0.05) is 36.4 Å². The van der Waals surface area contributed by atoms with Crippen molar-refractivity contribution < 1.29 is 8.78 Å². The lowest BCUT2D eigenvalue weighted by Crippen LogP contribution is -2.47. The van der Waals surface area contributed by atoms with Crippen molar-refractivity contribution in [3.8, 4) is 0 Å². The molecule has 2 heterocycles. The van der Waals surface area contributed by atoms with Gasteiger partial charge in [-0.2, -0.15) is 15.0 Å². The summed E-state index contributed by atoms with van der Waals surface area (Å²) in [5, 5.41) is 9.98. The molecule has 1 saturated heterocycles. The maximum absolute atomic E-state index is 13.6. The smallest absolute Gasteiger partial charge is 0.232 e. The Hall–Kier alpha value is -3.85. The van der Waals surface area contributed by atoms with Crippen LogP contribution in [0.4, 0.5) is 26.6 Å². The van der Waals surface area contributed by atoms with E-state index in [0.717, 1.165) is 30.5 Å². The highest BCUT2D eigenvalue weighted by atomic mass is 19.1. The van der Waals surface area contributed by atoms with Crippen LogP contribution >= 0.6 is 0 Å². The van der Waals surface area contributed by atoms with Crippen LogP contribution in [0.25, 0.3) is 0 Å². The number of hydrogen-bond acceptors (Lipinski definition) is 7. The molecule has 0 radical (unpaired) electrons. The Labute approximate surface area is 210 Å². The Morgan fingerprint density at radius 2 is 1.39 bits per heavy atom. The Bertz CT molecular complexity index is 1080. The maximum atomic E-state index is 13.6. The first-order chi connectivity index (χ1) is 17.6. The van der Waals surface area contributed by atoms with Gasteiger partial charge in [0, 0.05) is 32.2 Å². The van der Waals surface area contributed by atoms with Crippen molar-refractivity contribution in [2.75, 3.05) is 41.7 Å². The Balaban J connectivity index is 1.56. The van der Waals surface area contributed by atoms with E-state index < -0.39 is 0 Å². The van der Waals surface area contributed by atoms with E-state index in [1.807, 2.05) is 0 Å². The van der Waals surface area contributed by atoms with Crippen LogP contribution in [-0.2, 0) is 0 Å². The summed E-state index contributed by atoms with van der Waals surface area (Å²) in [5.74, 6) is 0.929. The molecule has 1 atom stereocenters. The summed E-state index contributed by atoms with van der Waals surface area (Å²) in [4.78, 5) is 15.8. The number of nitrogens with zero attached hydrogens (tertiary/aromatic N) is 4. The van der Waals surface area contributed by atoms with E-state index in [0.29, 0.717) is 37.5 Å². The van der Waals surface area contributed by atoms with Crippen molar-refractivity contribution in [2.45, 2.75) is 24.9 Å². The van der Waals surface area contributed by atoms with Gasteiger partial charge in [-0.05, 0) is 48.2 Å².